The van der Waals surface area contributed by atoms with E-state index in [2.05, 4.69) is 0 Å². The van der Waals surface area contributed by atoms with E-state index in [1.165, 1.54) is 48.6 Å². The zero-order valence-corrected chi connectivity index (χ0v) is 15.7. The molecule has 8 heteroatoms. The highest BCUT2D eigenvalue weighted by Crippen LogP contribution is 2.08. The van der Waals surface area contributed by atoms with Crippen LogP contribution in [0.1, 0.15) is 34.6 Å². The van der Waals surface area contributed by atoms with Crippen LogP contribution in [0.15, 0.2) is 48.6 Å². The van der Waals surface area contributed by atoms with E-state index in [0.29, 0.717) is 0 Å². The van der Waals surface area contributed by atoms with Gasteiger partial charge in [-0.05, 0) is 32.0 Å². The summed E-state index contributed by atoms with van der Waals surface area (Å²) >= 11 is 0. The minimum Gasteiger partial charge on any atom is -0.459 e. The first-order chi connectivity index (χ1) is 13.5. The number of carbonyl (C=O) groups is 4. The van der Waals surface area contributed by atoms with E-state index in [-0.39, 0.29) is 37.6 Å². The molecule has 0 atom stereocenters. The Kier molecular flexibility index (Phi) is 10.4. The Bertz CT molecular complexity index is 689. The van der Waals surface area contributed by atoms with Gasteiger partial charge in [-0.1, -0.05) is 18.2 Å². The summed E-state index contributed by atoms with van der Waals surface area (Å²) in [6, 6.07) is 5.78. The van der Waals surface area contributed by atoms with Crippen molar-refractivity contribution >= 4 is 23.9 Å². The lowest BCUT2D eigenvalue weighted by Crippen LogP contribution is -2.15. The van der Waals surface area contributed by atoms with Gasteiger partial charge in [0.15, 0.2) is 0 Å². The Morgan fingerprint density at radius 1 is 0.714 bits per heavy atom. The summed E-state index contributed by atoms with van der Waals surface area (Å²) in [6.45, 7) is 2.96. The summed E-state index contributed by atoms with van der Waals surface area (Å²) in [6.07, 6.45) is 5.56. The molecule has 0 aliphatic carbocycles. The Hall–Kier alpha value is -3.42. The van der Waals surface area contributed by atoms with Gasteiger partial charge in [0.05, 0.1) is 11.1 Å². The maximum Gasteiger partial charge on any atom is 0.338 e. The van der Waals surface area contributed by atoms with Crippen LogP contribution in [0.25, 0.3) is 0 Å². The summed E-state index contributed by atoms with van der Waals surface area (Å²) in [7, 11) is 0. The lowest BCUT2D eigenvalue weighted by Gasteiger charge is -2.08. The SMILES string of the molecule is C/C=C/C(=O)OCCOC(=O)c1cccc(C(=O)OCCOC(=O)/C=C/C)c1. The molecule has 0 N–H and O–H groups in total. The number of ether oxygens (including phenoxy) is 4. The van der Waals surface area contributed by atoms with Crippen molar-refractivity contribution in [2.24, 2.45) is 0 Å². The zero-order valence-electron chi connectivity index (χ0n) is 15.7. The summed E-state index contributed by atoms with van der Waals surface area (Å²) in [5, 5.41) is 0. The molecule has 0 fully saturated rings. The van der Waals surface area contributed by atoms with Gasteiger partial charge in [0.25, 0.3) is 0 Å². The Balaban J connectivity index is 2.44. The fourth-order valence-corrected chi connectivity index (χ4v) is 1.86. The van der Waals surface area contributed by atoms with Crippen molar-refractivity contribution in [2.75, 3.05) is 26.4 Å². The fourth-order valence-electron chi connectivity index (χ4n) is 1.86. The van der Waals surface area contributed by atoms with E-state index in [1.807, 2.05) is 0 Å². The summed E-state index contributed by atoms with van der Waals surface area (Å²) in [5.74, 6) is -2.39. The largest absolute Gasteiger partial charge is 0.459 e. The quantitative estimate of drug-likeness (QED) is 0.259. The lowest BCUT2D eigenvalue weighted by atomic mass is 10.1. The second-order valence-electron chi connectivity index (χ2n) is 5.19. The average molecular weight is 390 g/mol. The topological polar surface area (TPSA) is 105 Å². The molecule has 0 aromatic heterocycles. The smallest absolute Gasteiger partial charge is 0.338 e. The van der Waals surface area contributed by atoms with Crippen LogP contribution < -0.4 is 0 Å². The standard InChI is InChI=1S/C20H22O8/c1-3-6-17(21)25-10-12-27-19(23)15-8-5-9-16(14-15)20(24)28-13-11-26-18(22)7-4-2/h3-9,14H,10-13H2,1-2H3/b6-3+,7-4+. The molecule has 0 bridgehead atoms. The monoisotopic (exact) mass is 390 g/mol. The maximum absolute atomic E-state index is 12.0. The molecule has 0 heterocycles. The highest BCUT2D eigenvalue weighted by atomic mass is 16.6. The third-order valence-corrected chi connectivity index (χ3v) is 3.06. The van der Waals surface area contributed by atoms with Gasteiger partial charge in [0, 0.05) is 12.2 Å². The number of esters is 4. The van der Waals surface area contributed by atoms with Crippen LogP contribution in [0.3, 0.4) is 0 Å². The minimum absolute atomic E-state index is 0.0808. The first-order valence-corrected chi connectivity index (χ1v) is 8.51. The predicted octanol–water partition coefficient (Wildman–Crippen LogP) is 2.24. The number of benzene rings is 1. The molecule has 0 aliphatic heterocycles. The number of allylic oxidation sites excluding steroid dienone is 2. The molecule has 1 aromatic rings. The molecule has 0 saturated heterocycles. The van der Waals surface area contributed by atoms with Crippen molar-refractivity contribution in [3.8, 4) is 0 Å². The van der Waals surface area contributed by atoms with Crippen LogP contribution >= 0.6 is 0 Å². The van der Waals surface area contributed by atoms with Crippen LogP contribution in [0.5, 0.6) is 0 Å². The van der Waals surface area contributed by atoms with Gasteiger partial charge in [-0.3, -0.25) is 0 Å². The van der Waals surface area contributed by atoms with Gasteiger partial charge in [0.1, 0.15) is 26.4 Å². The normalized spacial score (nSPS) is 10.6. The molecule has 8 nitrogen and oxygen atoms in total. The molecular weight excluding hydrogens is 368 g/mol. The van der Waals surface area contributed by atoms with E-state index < -0.39 is 23.9 Å². The van der Waals surface area contributed by atoms with Crippen molar-refractivity contribution in [3.63, 3.8) is 0 Å². The molecule has 1 aromatic carbocycles. The maximum atomic E-state index is 12.0. The fraction of sp³-hybridized carbons (Fsp3) is 0.300. The predicted molar refractivity (Wildman–Crippen MR) is 98.6 cm³/mol. The molecule has 0 saturated carbocycles. The van der Waals surface area contributed by atoms with Gasteiger partial charge in [-0.2, -0.15) is 0 Å². The first kappa shape index (κ1) is 22.6. The molecular formula is C20H22O8. The molecule has 0 aliphatic rings. The molecule has 0 radical (unpaired) electrons. The molecule has 0 amide bonds. The number of hydrogen-bond donors (Lipinski definition) is 0. The summed E-state index contributed by atoms with van der Waals surface area (Å²) < 4.78 is 19.6. The van der Waals surface area contributed by atoms with Crippen molar-refractivity contribution in [1.82, 2.24) is 0 Å². The second kappa shape index (κ2) is 12.9. The van der Waals surface area contributed by atoms with Gasteiger partial charge in [0.2, 0.25) is 0 Å². The van der Waals surface area contributed by atoms with Gasteiger partial charge in [-0.15, -0.1) is 0 Å². The number of carbonyl (C=O) groups excluding carboxylic acids is 4. The van der Waals surface area contributed by atoms with Crippen LogP contribution in [0.2, 0.25) is 0 Å². The molecule has 1 rings (SSSR count). The molecule has 150 valence electrons. The zero-order chi connectivity index (χ0) is 20.8. The van der Waals surface area contributed by atoms with E-state index >= 15 is 0 Å². The third-order valence-electron chi connectivity index (χ3n) is 3.06. The summed E-state index contributed by atoms with van der Waals surface area (Å²) in [4.78, 5) is 46.2. The van der Waals surface area contributed by atoms with Gasteiger partial charge in [-0.25, -0.2) is 19.2 Å². The van der Waals surface area contributed by atoms with E-state index in [4.69, 9.17) is 18.9 Å². The van der Waals surface area contributed by atoms with Crippen LogP contribution in [0, 0.1) is 0 Å². The highest BCUT2D eigenvalue weighted by molar-refractivity contribution is 5.95. The van der Waals surface area contributed by atoms with Crippen molar-refractivity contribution in [1.29, 1.82) is 0 Å². The molecule has 0 unspecified atom stereocenters. The number of rotatable bonds is 10. The number of hydrogen-bond acceptors (Lipinski definition) is 8. The van der Waals surface area contributed by atoms with E-state index in [9.17, 15) is 19.2 Å². The highest BCUT2D eigenvalue weighted by Gasteiger charge is 2.13. The average Bonchev–Trinajstić information content (AvgIpc) is 2.68. The van der Waals surface area contributed by atoms with Crippen LogP contribution in [-0.2, 0) is 28.5 Å². The van der Waals surface area contributed by atoms with Gasteiger partial charge >= 0.3 is 23.9 Å². The van der Waals surface area contributed by atoms with Crippen LogP contribution in [-0.4, -0.2) is 50.3 Å². The van der Waals surface area contributed by atoms with E-state index in [0.717, 1.165) is 0 Å². The van der Waals surface area contributed by atoms with Gasteiger partial charge < -0.3 is 18.9 Å². The van der Waals surface area contributed by atoms with E-state index in [1.54, 1.807) is 13.8 Å². The van der Waals surface area contributed by atoms with Crippen molar-refractivity contribution < 1.29 is 38.1 Å². The summed E-state index contributed by atoms with van der Waals surface area (Å²) in [5.41, 5.74) is 0.294. The van der Waals surface area contributed by atoms with Crippen molar-refractivity contribution in [2.45, 2.75) is 13.8 Å². The Morgan fingerprint density at radius 3 is 1.50 bits per heavy atom. The Labute approximate surface area is 162 Å². The molecule has 28 heavy (non-hydrogen) atoms. The lowest BCUT2D eigenvalue weighted by molar-refractivity contribution is -0.139. The third kappa shape index (κ3) is 8.79. The second-order valence-corrected chi connectivity index (χ2v) is 5.19. The van der Waals surface area contributed by atoms with Crippen LogP contribution in [0.4, 0.5) is 0 Å². The Morgan fingerprint density at radius 2 is 1.11 bits per heavy atom. The first-order valence-electron chi connectivity index (χ1n) is 8.51. The minimum atomic E-state index is -0.669. The van der Waals surface area contributed by atoms with Crippen molar-refractivity contribution in [3.05, 3.63) is 59.7 Å². The molecule has 0 spiro atoms.